The Bertz CT molecular complexity index is 461. The molecule has 2 rings (SSSR count). The van der Waals surface area contributed by atoms with Gasteiger partial charge in [-0.05, 0) is 19.8 Å². The third kappa shape index (κ3) is 2.57. The van der Waals surface area contributed by atoms with Crippen molar-refractivity contribution in [1.82, 2.24) is 4.98 Å². The predicted molar refractivity (Wildman–Crippen MR) is 70.3 cm³/mol. The van der Waals surface area contributed by atoms with Gasteiger partial charge in [-0.25, -0.2) is 9.78 Å². The topological polar surface area (TPSA) is 59.4 Å². The van der Waals surface area contributed by atoms with Crippen molar-refractivity contribution in [2.45, 2.75) is 58.2 Å². The number of aromatic carboxylic acids is 1. The van der Waals surface area contributed by atoms with Crippen LogP contribution in [0.5, 0.6) is 0 Å². The second kappa shape index (κ2) is 4.63. The fraction of sp³-hybridized carbons (Fsp3) is 0.692. The van der Waals surface area contributed by atoms with E-state index in [2.05, 4.69) is 4.98 Å². The smallest absolute Gasteiger partial charge is 0.347 e. The van der Waals surface area contributed by atoms with Crippen LogP contribution in [-0.2, 0) is 10.2 Å². The minimum Gasteiger partial charge on any atom is -0.477 e. The quantitative estimate of drug-likeness (QED) is 0.894. The first-order valence-corrected chi connectivity index (χ1v) is 7.00. The van der Waals surface area contributed by atoms with Gasteiger partial charge in [0.2, 0.25) is 0 Å². The number of hydrogen-bond acceptors (Lipinski definition) is 4. The highest BCUT2D eigenvalue weighted by Crippen LogP contribution is 2.38. The Kier molecular flexibility index (Phi) is 3.47. The number of hydrogen-bond donors (Lipinski definition) is 1. The second-order valence-electron chi connectivity index (χ2n) is 5.80. The highest BCUT2D eigenvalue weighted by Gasteiger charge is 2.32. The maximum absolute atomic E-state index is 11.3. The van der Waals surface area contributed by atoms with E-state index in [-0.39, 0.29) is 17.6 Å². The Hall–Kier alpha value is -0.940. The number of carboxylic acid groups (broad SMARTS) is 1. The summed E-state index contributed by atoms with van der Waals surface area (Å²) < 4.78 is 5.76. The molecule has 0 aromatic carbocycles. The molecule has 2 unspecified atom stereocenters. The first-order chi connectivity index (χ1) is 8.29. The molecule has 5 heteroatoms. The van der Waals surface area contributed by atoms with E-state index >= 15 is 0 Å². The molecule has 1 aliphatic heterocycles. The van der Waals surface area contributed by atoms with Crippen molar-refractivity contribution < 1.29 is 14.6 Å². The summed E-state index contributed by atoms with van der Waals surface area (Å²) in [5, 5.41) is 10.1. The number of nitrogens with zero attached hydrogens (tertiary/aromatic N) is 1. The number of thiazole rings is 1. The van der Waals surface area contributed by atoms with Crippen LogP contribution in [0.1, 0.15) is 67.0 Å². The van der Waals surface area contributed by atoms with Crippen LogP contribution in [0.15, 0.2) is 0 Å². The zero-order valence-corrected chi connectivity index (χ0v) is 12.0. The van der Waals surface area contributed by atoms with E-state index in [9.17, 15) is 9.90 Å². The van der Waals surface area contributed by atoms with Crippen LogP contribution in [0.3, 0.4) is 0 Å². The highest BCUT2D eigenvalue weighted by molar-refractivity contribution is 7.13. The van der Waals surface area contributed by atoms with E-state index in [1.807, 2.05) is 27.7 Å². The minimum atomic E-state index is -0.894. The van der Waals surface area contributed by atoms with Crippen LogP contribution in [-0.4, -0.2) is 22.2 Å². The van der Waals surface area contributed by atoms with Crippen molar-refractivity contribution >= 4 is 17.3 Å². The van der Waals surface area contributed by atoms with Crippen LogP contribution >= 0.6 is 11.3 Å². The lowest BCUT2D eigenvalue weighted by atomic mass is 9.91. The van der Waals surface area contributed by atoms with Crippen molar-refractivity contribution in [2.24, 2.45) is 0 Å². The molecule has 1 fully saturated rings. The maximum atomic E-state index is 11.3. The largest absolute Gasteiger partial charge is 0.477 e. The van der Waals surface area contributed by atoms with E-state index in [0.717, 1.165) is 17.8 Å². The molecule has 0 saturated carbocycles. The monoisotopic (exact) mass is 269 g/mol. The van der Waals surface area contributed by atoms with Gasteiger partial charge in [0.05, 0.1) is 11.8 Å². The molecule has 1 aromatic rings. The van der Waals surface area contributed by atoms with Crippen molar-refractivity contribution in [3.05, 3.63) is 15.6 Å². The van der Waals surface area contributed by atoms with E-state index in [4.69, 9.17) is 4.74 Å². The van der Waals surface area contributed by atoms with Crippen LogP contribution in [0.2, 0.25) is 0 Å². The lowest BCUT2D eigenvalue weighted by molar-refractivity contribution is 0.0552. The molecule has 1 aromatic heterocycles. The lowest BCUT2D eigenvalue weighted by Crippen LogP contribution is -2.16. The molecule has 0 amide bonds. The van der Waals surface area contributed by atoms with Gasteiger partial charge in [0.1, 0.15) is 16.0 Å². The van der Waals surface area contributed by atoms with Crippen molar-refractivity contribution in [3.8, 4) is 0 Å². The predicted octanol–water partition coefficient (Wildman–Crippen LogP) is 3.38. The Balaban J connectivity index is 2.37. The number of carboxylic acids is 1. The zero-order chi connectivity index (χ0) is 13.5. The lowest BCUT2D eigenvalue weighted by Gasteiger charge is -2.16. The van der Waals surface area contributed by atoms with Crippen LogP contribution < -0.4 is 0 Å². The first-order valence-electron chi connectivity index (χ1n) is 6.19. The third-order valence-electron chi connectivity index (χ3n) is 3.06. The summed E-state index contributed by atoms with van der Waals surface area (Å²) >= 11 is 1.26. The van der Waals surface area contributed by atoms with E-state index in [0.29, 0.717) is 10.6 Å². The fourth-order valence-corrected chi connectivity index (χ4v) is 3.30. The van der Waals surface area contributed by atoms with Gasteiger partial charge in [-0.15, -0.1) is 11.3 Å². The number of ether oxygens (including phenoxy) is 1. The Morgan fingerprint density at radius 2 is 2.11 bits per heavy atom. The van der Waals surface area contributed by atoms with Gasteiger partial charge in [-0.1, -0.05) is 20.8 Å². The second-order valence-corrected chi connectivity index (χ2v) is 6.83. The van der Waals surface area contributed by atoms with E-state index < -0.39 is 5.97 Å². The number of rotatable bonds is 2. The Labute approximate surface area is 111 Å². The maximum Gasteiger partial charge on any atom is 0.347 e. The van der Waals surface area contributed by atoms with Gasteiger partial charge in [0.25, 0.3) is 0 Å². The molecule has 18 heavy (non-hydrogen) atoms. The molecular formula is C13H19NO3S. The van der Waals surface area contributed by atoms with Crippen LogP contribution in [0.4, 0.5) is 0 Å². The third-order valence-corrected chi connectivity index (χ3v) is 4.19. The summed E-state index contributed by atoms with van der Waals surface area (Å²) in [5.74, 6) is -0.894. The van der Waals surface area contributed by atoms with Crippen molar-refractivity contribution in [2.75, 3.05) is 0 Å². The molecule has 0 aliphatic carbocycles. The summed E-state index contributed by atoms with van der Waals surface area (Å²) in [7, 11) is 0. The molecule has 0 radical (unpaired) electrons. The number of carbonyl (C=O) groups is 1. The average molecular weight is 269 g/mol. The van der Waals surface area contributed by atoms with E-state index in [1.165, 1.54) is 11.3 Å². The van der Waals surface area contributed by atoms with E-state index in [1.54, 1.807) is 0 Å². The molecule has 0 bridgehead atoms. The molecule has 1 N–H and O–H groups in total. The first kappa shape index (κ1) is 13.5. The van der Waals surface area contributed by atoms with Gasteiger partial charge < -0.3 is 9.84 Å². The Morgan fingerprint density at radius 3 is 2.50 bits per heavy atom. The van der Waals surface area contributed by atoms with Crippen LogP contribution in [0, 0.1) is 0 Å². The molecule has 2 heterocycles. The van der Waals surface area contributed by atoms with Gasteiger partial charge in [0, 0.05) is 5.41 Å². The van der Waals surface area contributed by atoms with Crippen LogP contribution in [0.25, 0.3) is 0 Å². The van der Waals surface area contributed by atoms with Gasteiger partial charge in [0.15, 0.2) is 0 Å². The number of aromatic nitrogens is 1. The molecule has 1 aliphatic rings. The van der Waals surface area contributed by atoms with Gasteiger partial charge in [-0.3, -0.25) is 0 Å². The molecule has 0 spiro atoms. The van der Waals surface area contributed by atoms with Gasteiger partial charge in [-0.2, -0.15) is 0 Å². The molecular weight excluding hydrogens is 250 g/mol. The summed E-state index contributed by atoms with van der Waals surface area (Å²) in [6.45, 7) is 7.99. The highest BCUT2D eigenvalue weighted by atomic mass is 32.1. The standard InChI is InChI=1S/C13H19NO3S/c1-7-5-6-8(17-7)11-14-10(13(2,3)4)9(18-11)12(15)16/h7-8H,5-6H2,1-4H3,(H,15,16). The van der Waals surface area contributed by atoms with Crippen molar-refractivity contribution in [3.63, 3.8) is 0 Å². The minimum absolute atomic E-state index is 0.0285. The Morgan fingerprint density at radius 1 is 1.44 bits per heavy atom. The van der Waals surface area contributed by atoms with Crippen molar-refractivity contribution in [1.29, 1.82) is 0 Å². The van der Waals surface area contributed by atoms with Gasteiger partial charge >= 0.3 is 5.97 Å². The summed E-state index contributed by atoms with van der Waals surface area (Å²) in [5.41, 5.74) is 0.408. The molecule has 1 saturated heterocycles. The normalized spacial score (nSPS) is 24.4. The SMILES string of the molecule is CC1CCC(c2nc(C(C)(C)C)c(C(=O)O)s2)O1. The molecule has 4 nitrogen and oxygen atoms in total. The fourth-order valence-electron chi connectivity index (χ4n) is 2.11. The zero-order valence-electron chi connectivity index (χ0n) is 11.2. The summed E-state index contributed by atoms with van der Waals surface area (Å²) in [6, 6.07) is 0. The summed E-state index contributed by atoms with van der Waals surface area (Å²) in [4.78, 5) is 16.2. The summed E-state index contributed by atoms with van der Waals surface area (Å²) in [6.07, 6.45) is 2.15. The molecule has 2 atom stereocenters. The average Bonchev–Trinajstić information content (AvgIpc) is 2.81. The molecule has 100 valence electrons.